The van der Waals surface area contributed by atoms with E-state index in [1.165, 1.54) is 22.8 Å². The molecule has 1 aliphatic rings. The summed E-state index contributed by atoms with van der Waals surface area (Å²) in [6.45, 7) is 0.429. The first-order valence-electron chi connectivity index (χ1n) is 8.60. The van der Waals surface area contributed by atoms with Gasteiger partial charge in [-0.3, -0.25) is 4.79 Å². The third kappa shape index (κ3) is 4.63. The summed E-state index contributed by atoms with van der Waals surface area (Å²) in [4.78, 5) is 12.6. The Morgan fingerprint density at radius 3 is 2.89 bits per heavy atom. The molecule has 0 saturated carbocycles. The maximum atomic E-state index is 12.9. The number of nitrogens with one attached hydrogen (secondary N) is 1. The van der Waals surface area contributed by atoms with E-state index in [1.54, 1.807) is 35.7 Å². The van der Waals surface area contributed by atoms with Crippen LogP contribution < -0.4 is 10.1 Å². The van der Waals surface area contributed by atoms with Gasteiger partial charge in [-0.05, 0) is 42.5 Å². The number of piperidine rings is 1. The Kier molecular flexibility index (Phi) is 6.41. The number of benzene rings is 1. The molecule has 2 aromatic rings. The zero-order valence-corrected chi connectivity index (χ0v) is 17.2. The highest BCUT2D eigenvalue weighted by Gasteiger charge is 2.35. The van der Waals surface area contributed by atoms with Gasteiger partial charge in [0.25, 0.3) is 10.0 Å². The summed E-state index contributed by atoms with van der Waals surface area (Å²) < 4.78 is 32.8. The van der Waals surface area contributed by atoms with Gasteiger partial charge in [0.2, 0.25) is 5.91 Å². The van der Waals surface area contributed by atoms with Crippen LogP contribution >= 0.6 is 22.9 Å². The predicted octanol–water partition coefficient (Wildman–Crippen LogP) is 3.98. The first-order chi connectivity index (χ1) is 12.9. The van der Waals surface area contributed by atoms with Gasteiger partial charge in [-0.25, -0.2) is 8.42 Å². The Morgan fingerprint density at radius 2 is 2.19 bits per heavy atom. The molecule has 1 aliphatic heterocycles. The molecule has 1 amide bonds. The van der Waals surface area contributed by atoms with Crippen LogP contribution in [0.4, 0.5) is 5.69 Å². The number of rotatable bonds is 6. The summed E-state index contributed by atoms with van der Waals surface area (Å²) >= 11 is 7.19. The predicted molar refractivity (Wildman–Crippen MR) is 107 cm³/mol. The maximum absolute atomic E-state index is 12.9. The highest BCUT2D eigenvalue weighted by Crippen LogP contribution is 2.31. The van der Waals surface area contributed by atoms with Gasteiger partial charge < -0.3 is 10.1 Å². The molecule has 27 heavy (non-hydrogen) atoms. The van der Waals surface area contributed by atoms with Gasteiger partial charge in [0, 0.05) is 24.0 Å². The van der Waals surface area contributed by atoms with Crippen molar-refractivity contribution in [2.75, 3.05) is 19.0 Å². The van der Waals surface area contributed by atoms with Crippen molar-refractivity contribution >= 4 is 44.6 Å². The van der Waals surface area contributed by atoms with Crippen LogP contribution in [0.1, 0.15) is 25.7 Å². The van der Waals surface area contributed by atoms with Gasteiger partial charge in [0.1, 0.15) is 9.96 Å². The SMILES string of the molecule is COc1ccc(Cl)cc1NC(=O)CC1CCCCN1S(=O)(=O)c1cccs1. The van der Waals surface area contributed by atoms with Crippen LogP contribution in [0.25, 0.3) is 0 Å². The van der Waals surface area contributed by atoms with E-state index in [2.05, 4.69) is 5.32 Å². The van der Waals surface area contributed by atoms with Crippen LogP contribution in [-0.2, 0) is 14.8 Å². The quantitative estimate of drug-likeness (QED) is 0.754. The van der Waals surface area contributed by atoms with Crippen LogP contribution in [0.5, 0.6) is 5.75 Å². The molecule has 0 bridgehead atoms. The molecule has 1 fully saturated rings. The second-order valence-electron chi connectivity index (χ2n) is 6.29. The van der Waals surface area contributed by atoms with Crippen LogP contribution in [0.2, 0.25) is 5.02 Å². The van der Waals surface area contributed by atoms with E-state index in [0.717, 1.165) is 12.8 Å². The number of methoxy groups -OCH3 is 1. The molecule has 1 aromatic heterocycles. The van der Waals surface area contributed by atoms with Crippen molar-refractivity contribution in [3.8, 4) is 5.75 Å². The van der Waals surface area contributed by atoms with E-state index < -0.39 is 10.0 Å². The van der Waals surface area contributed by atoms with E-state index in [4.69, 9.17) is 16.3 Å². The molecule has 1 saturated heterocycles. The third-order valence-corrected chi connectivity index (χ3v) is 8.05. The Balaban J connectivity index is 1.75. The number of sulfonamides is 1. The second kappa shape index (κ2) is 8.60. The van der Waals surface area contributed by atoms with E-state index in [9.17, 15) is 13.2 Å². The molecule has 2 heterocycles. The first kappa shape index (κ1) is 20.1. The lowest BCUT2D eigenvalue weighted by Gasteiger charge is -2.34. The molecular formula is C18H21ClN2O4S2. The summed E-state index contributed by atoms with van der Waals surface area (Å²) in [5.74, 6) is 0.230. The van der Waals surface area contributed by atoms with Crippen LogP contribution in [0.3, 0.4) is 0 Å². The van der Waals surface area contributed by atoms with Crippen molar-refractivity contribution in [3.05, 3.63) is 40.7 Å². The molecule has 0 aliphatic carbocycles. The van der Waals surface area contributed by atoms with Gasteiger partial charge in [0.05, 0.1) is 12.8 Å². The first-order valence-corrected chi connectivity index (χ1v) is 11.3. The molecule has 0 spiro atoms. The van der Waals surface area contributed by atoms with Crippen LogP contribution in [-0.4, -0.2) is 38.3 Å². The monoisotopic (exact) mass is 428 g/mol. The summed E-state index contributed by atoms with van der Waals surface area (Å²) in [7, 11) is -2.07. The minimum absolute atomic E-state index is 0.0836. The molecule has 9 heteroatoms. The van der Waals surface area contributed by atoms with Crippen LogP contribution in [0, 0.1) is 0 Å². The van der Waals surface area contributed by atoms with E-state index in [-0.39, 0.29) is 18.4 Å². The molecule has 6 nitrogen and oxygen atoms in total. The number of thiophene rings is 1. The molecule has 1 aromatic carbocycles. The topological polar surface area (TPSA) is 75.7 Å². The van der Waals surface area contributed by atoms with Crippen molar-refractivity contribution in [1.82, 2.24) is 4.31 Å². The number of ether oxygens (including phenoxy) is 1. The minimum atomic E-state index is -3.58. The number of amides is 1. The summed E-state index contributed by atoms with van der Waals surface area (Å²) in [6.07, 6.45) is 2.44. The number of anilines is 1. The number of hydrogen-bond acceptors (Lipinski definition) is 5. The van der Waals surface area contributed by atoms with Gasteiger partial charge in [-0.15, -0.1) is 11.3 Å². The van der Waals surface area contributed by atoms with Crippen molar-refractivity contribution in [3.63, 3.8) is 0 Å². The molecule has 146 valence electrons. The average molecular weight is 429 g/mol. The van der Waals surface area contributed by atoms with E-state index >= 15 is 0 Å². The Labute approximate surface area is 168 Å². The lowest BCUT2D eigenvalue weighted by molar-refractivity contribution is -0.117. The van der Waals surface area contributed by atoms with Crippen molar-refractivity contribution < 1.29 is 17.9 Å². The Bertz CT molecular complexity index is 900. The third-order valence-electron chi connectivity index (χ3n) is 4.49. The molecule has 1 N–H and O–H groups in total. The summed E-state index contributed by atoms with van der Waals surface area (Å²) in [5, 5.41) is 5.01. The Morgan fingerprint density at radius 1 is 1.37 bits per heavy atom. The van der Waals surface area contributed by atoms with E-state index in [0.29, 0.717) is 33.6 Å². The fraction of sp³-hybridized carbons (Fsp3) is 0.389. The van der Waals surface area contributed by atoms with Crippen molar-refractivity contribution in [1.29, 1.82) is 0 Å². The molecule has 1 atom stereocenters. The minimum Gasteiger partial charge on any atom is -0.495 e. The number of halogens is 1. The van der Waals surface area contributed by atoms with Gasteiger partial charge >= 0.3 is 0 Å². The molecule has 3 rings (SSSR count). The van der Waals surface area contributed by atoms with Crippen molar-refractivity contribution in [2.45, 2.75) is 35.9 Å². The zero-order chi connectivity index (χ0) is 19.4. The molecule has 1 unspecified atom stereocenters. The average Bonchev–Trinajstić information content (AvgIpc) is 3.18. The smallest absolute Gasteiger partial charge is 0.252 e. The fourth-order valence-electron chi connectivity index (χ4n) is 3.21. The Hall–Kier alpha value is -1.61. The standard InChI is InChI=1S/C18H21ClN2O4S2/c1-25-16-8-7-13(19)11-15(16)20-17(22)12-14-5-2-3-9-21(14)27(23,24)18-6-4-10-26-18/h4,6-8,10-11,14H,2-3,5,9,12H2,1H3,(H,20,22). The second-order valence-corrected chi connectivity index (χ2v) is 9.80. The van der Waals surface area contributed by atoms with E-state index in [1.807, 2.05) is 0 Å². The number of carbonyl (C=O) groups is 1. The number of hydrogen-bond donors (Lipinski definition) is 1. The molecule has 0 radical (unpaired) electrons. The highest BCUT2D eigenvalue weighted by molar-refractivity contribution is 7.91. The van der Waals surface area contributed by atoms with Crippen LogP contribution in [0.15, 0.2) is 39.9 Å². The number of carbonyl (C=O) groups excluding carboxylic acids is 1. The van der Waals surface area contributed by atoms with Crippen molar-refractivity contribution in [2.24, 2.45) is 0 Å². The van der Waals surface area contributed by atoms with Gasteiger partial charge in [-0.2, -0.15) is 4.31 Å². The lowest BCUT2D eigenvalue weighted by Crippen LogP contribution is -2.45. The summed E-state index contributed by atoms with van der Waals surface area (Å²) in [6, 6.07) is 7.91. The fourth-order valence-corrected chi connectivity index (χ4v) is 6.20. The van der Waals surface area contributed by atoms with Gasteiger partial charge in [-0.1, -0.05) is 24.1 Å². The number of nitrogens with zero attached hydrogens (tertiary/aromatic N) is 1. The largest absolute Gasteiger partial charge is 0.495 e. The molecular weight excluding hydrogens is 408 g/mol. The highest BCUT2D eigenvalue weighted by atomic mass is 35.5. The normalized spacial score (nSPS) is 18.2. The zero-order valence-electron chi connectivity index (χ0n) is 14.9. The summed E-state index contributed by atoms with van der Waals surface area (Å²) in [5.41, 5.74) is 0.471. The maximum Gasteiger partial charge on any atom is 0.252 e. The van der Waals surface area contributed by atoms with Gasteiger partial charge in [0.15, 0.2) is 0 Å². The lowest BCUT2D eigenvalue weighted by atomic mass is 10.0.